The fourth-order valence-corrected chi connectivity index (χ4v) is 2.63. The Morgan fingerprint density at radius 1 is 1.50 bits per heavy atom. The summed E-state index contributed by atoms with van der Waals surface area (Å²) in [6.07, 6.45) is 2.74. The number of carbonyl (C=O) groups excluding carboxylic acids is 1. The van der Waals surface area contributed by atoms with Gasteiger partial charge in [-0.2, -0.15) is 0 Å². The van der Waals surface area contributed by atoms with E-state index in [9.17, 15) is 4.79 Å². The van der Waals surface area contributed by atoms with Gasteiger partial charge in [0.1, 0.15) is 0 Å². The molecule has 1 aromatic heterocycles. The maximum absolute atomic E-state index is 12.0. The van der Waals surface area contributed by atoms with Gasteiger partial charge in [0, 0.05) is 19.5 Å². The lowest BCUT2D eigenvalue weighted by molar-refractivity contribution is -0.127. The number of hydrogen-bond acceptors (Lipinski definition) is 5. The molecule has 1 aliphatic rings. The van der Waals surface area contributed by atoms with Crippen molar-refractivity contribution in [1.29, 1.82) is 0 Å². The van der Waals surface area contributed by atoms with E-state index in [4.69, 9.17) is 4.42 Å². The molecule has 6 nitrogen and oxygen atoms in total. The minimum Gasteiger partial charge on any atom is -0.424 e. The highest BCUT2D eigenvalue weighted by Crippen LogP contribution is 2.26. The third-order valence-corrected chi connectivity index (χ3v) is 3.86. The Hall–Kier alpha value is -1.43. The van der Waals surface area contributed by atoms with Crippen molar-refractivity contribution in [2.24, 2.45) is 5.92 Å². The summed E-state index contributed by atoms with van der Waals surface area (Å²) in [7, 11) is 0. The number of amides is 1. The number of likely N-dealkylation sites (tertiary alicyclic amines) is 1. The number of aromatic nitrogens is 2. The van der Waals surface area contributed by atoms with Crippen LogP contribution in [0.3, 0.4) is 0 Å². The zero-order valence-electron chi connectivity index (χ0n) is 12.6. The largest absolute Gasteiger partial charge is 0.424 e. The first-order valence-corrected chi connectivity index (χ1v) is 7.49. The number of rotatable bonds is 5. The maximum atomic E-state index is 12.0. The van der Waals surface area contributed by atoms with E-state index in [1.807, 2.05) is 13.8 Å². The second-order valence-corrected chi connectivity index (χ2v) is 5.29. The van der Waals surface area contributed by atoms with Gasteiger partial charge in [-0.05, 0) is 33.2 Å². The predicted molar refractivity (Wildman–Crippen MR) is 75.1 cm³/mol. The van der Waals surface area contributed by atoms with E-state index in [0.29, 0.717) is 18.3 Å². The van der Waals surface area contributed by atoms with Gasteiger partial charge in [-0.15, -0.1) is 10.2 Å². The molecular weight excluding hydrogens is 256 g/mol. The van der Waals surface area contributed by atoms with Crippen LogP contribution in [0.15, 0.2) is 4.42 Å². The van der Waals surface area contributed by atoms with Crippen LogP contribution in [0.2, 0.25) is 0 Å². The quantitative estimate of drug-likeness (QED) is 0.886. The molecule has 2 heterocycles. The summed E-state index contributed by atoms with van der Waals surface area (Å²) in [6, 6.07) is 0.0695. The van der Waals surface area contributed by atoms with Gasteiger partial charge < -0.3 is 9.73 Å². The molecule has 0 aromatic carbocycles. The lowest BCUT2D eigenvalue weighted by Crippen LogP contribution is -2.43. The molecule has 0 aliphatic carbocycles. The monoisotopic (exact) mass is 280 g/mol. The van der Waals surface area contributed by atoms with Crippen LogP contribution in [0.4, 0.5) is 0 Å². The molecule has 0 spiro atoms. The summed E-state index contributed by atoms with van der Waals surface area (Å²) >= 11 is 0. The second kappa shape index (κ2) is 6.83. The molecule has 1 aliphatic heterocycles. The zero-order chi connectivity index (χ0) is 14.5. The van der Waals surface area contributed by atoms with Crippen LogP contribution in [0.25, 0.3) is 0 Å². The van der Waals surface area contributed by atoms with Crippen LogP contribution < -0.4 is 5.32 Å². The Kier molecular flexibility index (Phi) is 5.11. The van der Waals surface area contributed by atoms with Crippen molar-refractivity contribution in [1.82, 2.24) is 20.4 Å². The van der Waals surface area contributed by atoms with Crippen molar-refractivity contribution < 1.29 is 9.21 Å². The third-order valence-electron chi connectivity index (χ3n) is 3.86. The summed E-state index contributed by atoms with van der Waals surface area (Å²) < 4.78 is 5.63. The fourth-order valence-electron chi connectivity index (χ4n) is 2.63. The lowest BCUT2D eigenvalue weighted by Gasteiger charge is -2.34. The van der Waals surface area contributed by atoms with Crippen LogP contribution in [0.5, 0.6) is 0 Å². The first kappa shape index (κ1) is 15.0. The molecule has 112 valence electrons. The van der Waals surface area contributed by atoms with Crippen LogP contribution in [-0.2, 0) is 11.2 Å². The second-order valence-electron chi connectivity index (χ2n) is 5.29. The van der Waals surface area contributed by atoms with Gasteiger partial charge >= 0.3 is 0 Å². The Bertz CT molecular complexity index is 446. The number of nitrogens with one attached hydrogen (secondary N) is 1. The fraction of sp³-hybridized carbons (Fsp3) is 0.786. The summed E-state index contributed by atoms with van der Waals surface area (Å²) in [4.78, 5) is 14.2. The van der Waals surface area contributed by atoms with E-state index < -0.39 is 0 Å². The van der Waals surface area contributed by atoms with E-state index in [2.05, 4.69) is 27.3 Å². The molecule has 2 atom stereocenters. The number of hydrogen-bond donors (Lipinski definition) is 1. The molecule has 1 amide bonds. The van der Waals surface area contributed by atoms with Gasteiger partial charge in [-0.3, -0.25) is 9.69 Å². The Balaban J connectivity index is 1.99. The van der Waals surface area contributed by atoms with Crippen LogP contribution in [0, 0.1) is 5.92 Å². The number of carbonyl (C=O) groups is 1. The van der Waals surface area contributed by atoms with Gasteiger partial charge in [-0.25, -0.2) is 0 Å². The molecule has 1 N–H and O–H groups in total. The van der Waals surface area contributed by atoms with Crippen molar-refractivity contribution in [2.75, 3.05) is 19.6 Å². The number of nitrogens with zero attached hydrogens (tertiary/aromatic N) is 3. The van der Waals surface area contributed by atoms with E-state index in [1.54, 1.807) is 0 Å². The average molecular weight is 280 g/mol. The summed E-state index contributed by atoms with van der Waals surface area (Å²) in [5.41, 5.74) is 0. The maximum Gasteiger partial charge on any atom is 0.233 e. The van der Waals surface area contributed by atoms with Crippen molar-refractivity contribution >= 4 is 5.91 Å². The van der Waals surface area contributed by atoms with Crippen LogP contribution in [0.1, 0.15) is 51.4 Å². The highest BCUT2D eigenvalue weighted by Gasteiger charge is 2.30. The average Bonchev–Trinajstić information content (AvgIpc) is 2.96. The van der Waals surface area contributed by atoms with Gasteiger partial charge in [0.25, 0.3) is 0 Å². The topological polar surface area (TPSA) is 71.3 Å². The third kappa shape index (κ3) is 3.36. The predicted octanol–water partition coefficient (Wildman–Crippen LogP) is 1.54. The molecule has 1 aromatic rings. The molecule has 1 fully saturated rings. The first-order valence-electron chi connectivity index (χ1n) is 7.49. The summed E-state index contributed by atoms with van der Waals surface area (Å²) in [5, 5.41) is 11.0. The highest BCUT2D eigenvalue weighted by molar-refractivity contribution is 5.78. The number of piperidine rings is 1. The molecule has 0 bridgehead atoms. The molecule has 20 heavy (non-hydrogen) atoms. The van der Waals surface area contributed by atoms with E-state index in [0.717, 1.165) is 32.4 Å². The van der Waals surface area contributed by atoms with E-state index in [1.165, 1.54) is 0 Å². The Morgan fingerprint density at radius 2 is 2.30 bits per heavy atom. The number of aryl methyl sites for hydroxylation is 1. The minimum atomic E-state index is 0.0692. The standard InChI is InChI=1S/C14H24N4O2/c1-4-12-16-17-14(20-12)10(3)18-8-6-7-11(9-18)13(19)15-5-2/h10-11H,4-9H2,1-3H3,(H,15,19). The molecule has 0 radical (unpaired) electrons. The molecule has 6 heteroatoms. The molecule has 2 unspecified atom stereocenters. The van der Waals surface area contributed by atoms with E-state index in [-0.39, 0.29) is 17.9 Å². The van der Waals surface area contributed by atoms with Crippen molar-refractivity contribution in [3.8, 4) is 0 Å². The summed E-state index contributed by atoms with van der Waals surface area (Å²) in [5.74, 6) is 1.55. The zero-order valence-corrected chi connectivity index (χ0v) is 12.6. The van der Waals surface area contributed by atoms with Gasteiger partial charge in [0.2, 0.25) is 17.7 Å². The van der Waals surface area contributed by atoms with E-state index >= 15 is 0 Å². The van der Waals surface area contributed by atoms with Crippen molar-refractivity contribution in [3.05, 3.63) is 11.8 Å². The van der Waals surface area contributed by atoms with Crippen LogP contribution in [-0.4, -0.2) is 40.6 Å². The SMILES string of the molecule is CCNC(=O)C1CCCN(C(C)c2nnc(CC)o2)C1. The van der Waals surface area contributed by atoms with Crippen molar-refractivity contribution in [2.45, 2.75) is 46.1 Å². The van der Waals surface area contributed by atoms with Gasteiger partial charge in [0.15, 0.2) is 0 Å². The van der Waals surface area contributed by atoms with Crippen molar-refractivity contribution in [3.63, 3.8) is 0 Å². The molecule has 1 saturated heterocycles. The molecular formula is C14H24N4O2. The first-order chi connectivity index (χ1) is 9.65. The minimum absolute atomic E-state index is 0.0692. The van der Waals surface area contributed by atoms with Gasteiger partial charge in [0.05, 0.1) is 12.0 Å². The normalized spacial score (nSPS) is 21.6. The lowest BCUT2D eigenvalue weighted by atomic mass is 9.96. The van der Waals surface area contributed by atoms with Gasteiger partial charge in [-0.1, -0.05) is 6.92 Å². The Labute approximate surface area is 119 Å². The smallest absolute Gasteiger partial charge is 0.233 e. The Morgan fingerprint density at radius 3 is 2.95 bits per heavy atom. The molecule has 0 saturated carbocycles. The van der Waals surface area contributed by atoms with Crippen LogP contribution >= 0.6 is 0 Å². The molecule has 2 rings (SSSR count). The summed E-state index contributed by atoms with van der Waals surface area (Å²) in [6.45, 7) is 8.43. The highest BCUT2D eigenvalue weighted by atomic mass is 16.4.